The van der Waals surface area contributed by atoms with Gasteiger partial charge in [-0.3, -0.25) is 9.78 Å². The van der Waals surface area contributed by atoms with Crippen molar-refractivity contribution in [3.05, 3.63) is 63.6 Å². The van der Waals surface area contributed by atoms with Crippen LogP contribution in [0, 0.1) is 5.82 Å². The number of quaternary nitrogens is 1. The van der Waals surface area contributed by atoms with Crippen LogP contribution in [-0.4, -0.2) is 53.1 Å². The number of hydrogen-bond acceptors (Lipinski definition) is 5. The fourth-order valence-corrected chi connectivity index (χ4v) is 4.53. The Morgan fingerprint density at radius 3 is 2.47 bits per heavy atom. The molecule has 1 N–H and O–H groups in total. The molecule has 34 heavy (non-hydrogen) atoms. The third kappa shape index (κ3) is 5.56. The van der Waals surface area contributed by atoms with E-state index >= 15 is 0 Å². The number of carbonyl (C=O) groups is 3. The third-order valence-corrected chi connectivity index (χ3v) is 6.51. The molecule has 0 radical (unpaired) electrons. The number of likely N-dealkylation sites (tertiary alicyclic amines) is 1. The van der Waals surface area contributed by atoms with E-state index in [0.717, 1.165) is 0 Å². The van der Waals surface area contributed by atoms with E-state index in [9.17, 15) is 18.8 Å². The molecule has 3 rings (SSSR count). The van der Waals surface area contributed by atoms with Gasteiger partial charge in [-0.2, -0.15) is 9.28 Å². The zero-order chi connectivity index (χ0) is 25.1. The highest BCUT2D eigenvalue weighted by Crippen LogP contribution is 2.38. The first-order valence-corrected chi connectivity index (χ1v) is 11.6. The predicted octanol–water partition coefficient (Wildman–Crippen LogP) is 4.90. The summed E-state index contributed by atoms with van der Waals surface area (Å²) in [5.74, 6) is -0.976. The molecule has 0 bridgehead atoms. The minimum atomic E-state index is -0.938. The first-order valence-electron chi connectivity index (χ1n) is 10.8. The highest BCUT2D eigenvalue weighted by molar-refractivity contribution is 6.36. The molecule has 3 amide bonds. The Morgan fingerprint density at radius 2 is 1.91 bits per heavy atom. The van der Waals surface area contributed by atoms with Gasteiger partial charge in [0.15, 0.2) is 0 Å². The number of carbonyl (C=O) groups excluding carboxylic acids is 3. The quantitative estimate of drug-likeness (QED) is 0.456. The molecule has 1 fully saturated rings. The number of ether oxygens (including phenoxy) is 1. The maximum Gasteiger partial charge on any atom is 0.523 e. The average molecular weight is 511 g/mol. The first-order chi connectivity index (χ1) is 15.9. The number of aromatic nitrogens is 1. The van der Waals surface area contributed by atoms with Crippen LogP contribution in [0.4, 0.5) is 9.18 Å². The van der Waals surface area contributed by atoms with Crippen LogP contribution in [0.25, 0.3) is 0 Å². The van der Waals surface area contributed by atoms with Crippen LogP contribution in [0.3, 0.4) is 0 Å². The maximum atomic E-state index is 14.9. The SMILES string of the molecule is CC(C)(C)OC(=O)[N+]1(C=O)CCC(CNC(=O)c2ccc(Cl)cc2Cl)(c2ncccc2F)CC1. The zero-order valence-corrected chi connectivity index (χ0v) is 20.8. The molecule has 2 aromatic rings. The number of nitrogens with one attached hydrogen (secondary N) is 1. The van der Waals surface area contributed by atoms with Crippen molar-refractivity contribution < 1.29 is 28.0 Å². The topological polar surface area (TPSA) is 85.4 Å². The van der Waals surface area contributed by atoms with E-state index in [-0.39, 0.29) is 48.8 Å². The lowest BCUT2D eigenvalue weighted by Crippen LogP contribution is -2.61. The van der Waals surface area contributed by atoms with Crippen molar-refractivity contribution in [1.29, 1.82) is 0 Å². The van der Waals surface area contributed by atoms with Crippen LogP contribution in [-0.2, 0) is 14.9 Å². The molecule has 0 atom stereocenters. The number of pyridine rings is 1. The highest BCUT2D eigenvalue weighted by Gasteiger charge is 2.51. The lowest BCUT2D eigenvalue weighted by Gasteiger charge is -2.43. The molecule has 1 saturated heterocycles. The normalized spacial score (nSPS) is 22.6. The van der Waals surface area contributed by atoms with E-state index < -0.39 is 33.3 Å². The van der Waals surface area contributed by atoms with Crippen LogP contribution in [0.2, 0.25) is 10.0 Å². The van der Waals surface area contributed by atoms with Crippen LogP contribution in [0.15, 0.2) is 36.5 Å². The zero-order valence-electron chi connectivity index (χ0n) is 19.2. The highest BCUT2D eigenvalue weighted by atomic mass is 35.5. The summed E-state index contributed by atoms with van der Waals surface area (Å²) in [7, 11) is 0. The van der Waals surface area contributed by atoms with Crippen molar-refractivity contribution in [3.8, 4) is 0 Å². The van der Waals surface area contributed by atoms with Crippen LogP contribution in [0.1, 0.15) is 49.7 Å². The van der Waals surface area contributed by atoms with Gasteiger partial charge in [-0.15, -0.1) is 0 Å². The molecule has 0 unspecified atom stereocenters. The number of amides is 3. The molecular formula is C24H27Cl2FN3O4+. The van der Waals surface area contributed by atoms with Crippen molar-refractivity contribution in [2.45, 2.75) is 44.6 Å². The number of piperidine rings is 1. The summed E-state index contributed by atoms with van der Waals surface area (Å²) >= 11 is 12.1. The molecule has 1 aliphatic heterocycles. The van der Waals surface area contributed by atoms with E-state index in [1.807, 2.05) is 0 Å². The standard InChI is InChI=1S/C24H26Cl2FN3O4/c1-23(2,3)34-22(33)30(15-31)11-8-24(9-12-30,20-19(27)5-4-10-28-20)14-29-21(32)17-7-6-16(25)13-18(17)26/h4-7,10,13,15H,8-9,11-12,14H2,1-3H3/p+1. The van der Waals surface area contributed by atoms with E-state index in [1.165, 1.54) is 30.5 Å². The Hall–Kier alpha value is -2.55. The predicted molar refractivity (Wildman–Crippen MR) is 126 cm³/mol. The largest absolute Gasteiger partial charge is 0.523 e. The lowest BCUT2D eigenvalue weighted by molar-refractivity contribution is -0.782. The van der Waals surface area contributed by atoms with E-state index in [0.29, 0.717) is 11.4 Å². The molecule has 1 aromatic carbocycles. The lowest BCUT2D eigenvalue weighted by atomic mass is 9.74. The Balaban J connectivity index is 1.87. The molecule has 7 nitrogen and oxygen atoms in total. The van der Waals surface area contributed by atoms with Gasteiger partial charge >= 0.3 is 12.5 Å². The van der Waals surface area contributed by atoms with Gasteiger partial charge in [-0.25, -0.2) is 9.18 Å². The number of benzene rings is 1. The molecule has 1 aromatic heterocycles. The second-order valence-electron chi connectivity index (χ2n) is 9.49. The second kappa shape index (κ2) is 9.98. The Bertz CT molecular complexity index is 1100. The maximum absolute atomic E-state index is 14.9. The van der Waals surface area contributed by atoms with Gasteiger partial charge in [0.1, 0.15) is 11.4 Å². The van der Waals surface area contributed by atoms with Crippen LogP contribution < -0.4 is 5.32 Å². The third-order valence-electron chi connectivity index (χ3n) is 5.96. The van der Waals surface area contributed by atoms with Crippen LogP contribution in [0.5, 0.6) is 0 Å². The Morgan fingerprint density at radius 1 is 1.24 bits per heavy atom. The average Bonchev–Trinajstić information content (AvgIpc) is 2.77. The molecule has 182 valence electrons. The summed E-state index contributed by atoms with van der Waals surface area (Å²) in [6.45, 7) is 5.35. The van der Waals surface area contributed by atoms with E-state index in [2.05, 4.69) is 10.3 Å². The minimum absolute atomic E-state index is 0.0336. The summed E-state index contributed by atoms with van der Waals surface area (Å²) < 4.78 is 19.8. The number of rotatable bonds is 5. The van der Waals surface area contributed by atoms with E-state index in [1.54, 1.807) is 26.8 Å². The number of hydrogen-bond donors (Lipinski definition) is 1. The van der Waals surface area contributed by atoms with Crippen LogP contribution >= 0.6 is 23.2 Å². The molecule has 0 aliphatic carbocycles. The summed E-state index contributed by atoms with van der Waals surface area (Å²) in [6, 6.07) is 7.29. The van der Waals surface area contributed by atoms with E-state index in [4.69, 9.17) is 27.9 Å². The Kier molecular flexibility index (Phi) is 7.65. The van der Waals surface area contributed by atoms with Gasteiger partial charge in [0.2, 0.25) is 0 Å². The number of halogens is 3. The minimum Gasteiger partial charge on any atom is -0.414 e. The van der Waals surface area contributed by atoms with Crippen molar-refractivity contribution >= 4 is 41.6 Å². The van der Waals surface area contributed by atoms with Gasteiger partial charge in [0.25, 0.3) is 5.91 Å². The molecular weight excluding hydrogens is 484 g/mol. The van der Waals surface area contributed by atoms with Gasteiger partial charge in [0.05, 0.1) is 29.4 Å². The summed E-state index contributed by atoms with van der Waals surface area (Å²) in [4.78, 5) is 41.9. The summed E-state index contributed by atoms with van der Waals surface area (Å²) in [5.41, 5.74) is -1.30. The second-order valence-corrected chi connectivity index (χ2v) is 10.3. The molecule has 10 heteroatoms. The smallest absolute Gasteiger partial charge is 0.414 e. The van der Waals surface area contributed by atoms with Crippen molar-refractivity contribution in [2.24, 2.45) is 0 Å². The van der Waals surface area contributed by atoms with Crippen molar-refractivity contribution in [2.75, 3.05) is 19.6 Å². The molecule has 2 heterocycles. The molecule has 0 saturated carbocycles. The first kappa shape index (κ1) is 26.1. The molecule has 1 aliphatic rings. The van der Waals surface area contributed by atoms with Crippen molar-refractivity contribution in [3.63, 3.8) is 0 Å². The van der Waals surface area contributed by atoms with Gasteiger partial charge in [-0.05, 0) is 51.1 Å². The monoisotopic (exact) mass is 510 g/mol. The summed E-state index contributed by atoms with van der Waals surface area (Å²) in [5, 5.41) is 3.41. The van der Waals surface area contributed by atoms with Crippen molar-refractivity contribution in [1.82, 2.24) is 10.3 Å². The fraction of sp³-hybridized carbons (Fsp3) is 0.417. The van der Waals surface area contributed by atoms with Gasteiger partial charge < -0.3 is 10.1 Å². The molecule has 0 spiro atoms. The number of imide groups is 1. The Labute approximate surface area is 207 Å². The number of nitrogens with zero attached hydrogens (tertiary/aromatic N) is 2. The fourth-order valence-electron chi connectivity index (χ4n) is 4.04. The van der Waals surface area contributed by atoms with Gasteiger partial charge in [0, 0.05) is 36.0 Å². The summed E-state index contributed by atoms with van der Waals surface area (Å²) in [6.07, 6.45) is 1.82. The van der Waals surface area contributed by atoms with Gasteiger partial charge in [-0.1, -0.05) is 23.2 Å².